The number of amides is 3. The highest BCUT2D eigenvalue weighted by molar-refractivity contribution is 5.81. The highest BCUT2D eigenvalue weighted by Gasteiger charge is 2.27. The molecule has 0 saturated carbocycles. The summed E-state index contributed by atoms with van der Waals surface area (Å²) >= 11 is 0. The summed E-state index contributed by atoms with van der Waals surface area (Å²) in [6, 6.07) is 9.27. The van der Waals surface area contributed by atoms with Gasteiger partial charge in [0.25, 0.3) is 5.91 Å². The first-order valence-electron chi connectivity index (χ1n) is 10.6. The fraction of sp³-hybridized carbons (Fsp3) is 0.591. The summed E-state index contributed by atoms with van der Waals surface area (Å²) in [6.07, 6.45) is 4.99. The van der Waals surface area contributed by atoms with E-state index < -0.39 is 0 Å². The van der Waals surface area contributed by atoms with Crippen LogP contribution in [-0.4, -0.2) is 66.9 Å². The van der Waals surface area contributed by atoms with Crippen molar-refractivity contribution >= 4 is 17.7 Å². The van der Waals surface area contributed by atoms with Crippen molar-refractivity contribution in [2.24, 2.45) is 5.92 Å². The van der Waals surface area contributed by atoms with Gasteiger partial charge in [-0.05, 0) is 44.2 Å². The third-order valence-corrected chi connectivity index (χ3v) is 5.67. The normalized spacial score (nSPS) is 17.7. The van der Waals surface area contributed by atoms with Crippen LogP contribution in [-0.2, 0) is 14.4 Å². The van der Waals surface area contributed by atoms with E-state index in [0.717, 1.165) is 25.9 Å². The van der Waals surface area contributed by atoms with Crippen molar-refractivity contribution in [1.82, 2.24) is 15.1 Å². The van der Waals surface area contributed by atoms with Crippen molar-refractivity contribution in [3.8, 4) is 5.75 Å². The molecule has 29 heavy (non-hydrogen) atoms. The van der Waals surface area contributed by atoms with Crippen LogP contribution in [0.25, 0.3) is 0 Å². The van der Waals surface area contributed by atoms with Gasteiger partial charge in [0.15, 0.2) is 6.61 Å². The molecular formula is C22H31N3O4. The Hall–Kier alpha value is -2.57. The molecule has 2 aliphatic rings. The van der Waals surface area contributed by atoms with Crippen LogP contribution >= 0.6 is 0 Å². The summed E-state index contributed by atoms with van der Waals surface area (Å²) in [5, 5.41) is 2.90. The predicted octanol–water partition coefficient (Wildman–Crippen LogP) is 1.82. The van der Waals surface area contributed by atoms with Crippen molar-refractivity contribution in [2.75, 3.05) is 39.3 Å². The number of ether oxygens (including phenoxy) is 1. The molecule has 3 amide bonds. The minimum absolute atomic E-state index is 0.0101. The Morgan fingerprint density at radius 3 is 2.24 bits per heavy atom. The van der Waals surface area contributed by atoms with Crippen molar-refractivity contribution in [3.05, 3.63) is 30.3 Å². The number of hydrogen-bond acceptors (Lipinski definition) is 4. The lowest BCUT2D eigenvalue weighted by molar-refractivity contribution is -0.137. The molecule has 0 spiro atoms. The molecule has 1 aromatic carbocycles. The second-order valence-electron chi connectivity index (χ2n) is 7.74. The summed E-state index contributed by atoms with van der Waals surface area (Å²) in [7, 11) is 0. The van der Waals surface area contributed by atoms with Gasteiger partial charge in [0.2, 0.25) is 11.8 Å². The number of rotatable bonds is 7. The van der Waals surface area contributed by atoms with Gasteiger partial charge in [0.1, 0.15) is 5.75 Å². The Bertz CT molecular complexity index is 681. The summed E-state index contributed by atoms with van der Waals surface area (Å²) in [6.45, 7) is 3.20. The van der Waals surface area contributed by atoms with E-state index in [1.54, 1.807) is 4.90 Å². The molecule has 0 radical (unpaired) electrons. The van der Waals surface area contributed by atoms with Gasteiger partial charge in [-0.1, -0.05) is 18.2 Å². The summed E-state index contributed by atoms with van der Waals surface area (Å²) in [5.74, 6) is 0.640. The first-order valence-corrected chi connectivity index (χ1v) is 10.6. The lowest BCUT2D eigenvalue weighted by atomic mass is 9.96. The predicted molar refractivity (Wildman–Crippen MR) is 109 cm³/mol. The second kappa shape index (κ2) is 10.8. The Kier molecular flexibility index (Phi) is 7.90. The third-order valence-electron chi connectivity index (χ3n) is 5.67. The van der Waals surface area contributed by atoms with Crippen LogP contribution in [0.1, 0.15) is 38.5 Å². The molecule has 2 heterocycles. The minimum atomic E-state index is -0.0980. The Labute approximate surface area is 172 Å². The lowest BCUT2D eigenvalue weighted by Gasteiger charge is -2.31. The average molecular weight is 402 g/mol. The minimum Gasteiger partial charge on any atom is -0.484 e. The van der Waals surface area contributed by atoms with Crippen LogP contribution in [0.15, 0.2) is 30.3 Å². The highest BCUT2D eigenvalue weighted by Crippen LogP contribution is 2.18. The number of para-hydroxylation sites is 1. The fourth-order valence-electron chi connectivity index (χ4n) is 3.88. The molecule has 1 aromatic rings. The molecule has 2 fully saturated rings. The number of hydrogen-bond donors (Lipinski definition) is 1. The molecule has 0 aromatic heterocycles. The maximum absolute atomic E-state index is 12.4. The first kappa shape index (κ1) is 21.1. The van der Waals surface area contributed by atoms with Gasteiger partial charge in [0, 0.05) is 45.1 Å². The first-order chi connectivity index (χ1) is 14.1. The Morgan fingerprint density at radius 2 is 1.55 bits per heavy atom. The molecule has 0 aliphatic carbocycles. The van der Waals surface area contributed by atoms with Crippen LogP contribution in [0.3, 0.4) is 0 Å². The zero-order valence-corrected chi connectivity index (χ0v) is 17.0. The molecule has 2 aliphatic heterocycles. The van der Waals surface area contributed by atoms with Crippen LogP contribution in [0.4, 0.5) is 0 Å². The van der Waals surface area contributed by atoms with E-state index in [2.05, 4.69) is 5.32 Å². The molecule has 158 valence electrons. The van der Waals surface area contributed by atoms with Crippen LogP contribution in [0.5, 0.6) is 5.75 Å². The van der Waals surface area contributed by atoms with Gasteiger partial charge in [-0.3, -0.25) is 14.4 Å². The van der Waals surface area contributed by atoms with Gasteiger partial charge in [-0.25, -0.2) is 0 Å². The quantitative estimate of drug-likeness (QED) is 0.756. The van der Waals surface area contributed by atoms with E-state index in [4.69, 9.17) is 4.74 Å². The van der Waals surface area contributed by atoms with E-state index in [-0.39, 0.29) is 30.2 Å². The van der Waals surface area contributed by atoms with Gasteiger partial charge in [0.05, 0.1) is 0 Å². The SMILES string of the molecule is O=C(NCCC(=O)N1CCCCC1)C1CCN(C(=O)COc2ccccc2)CC1. The smallest absolute Gasteiger partial charge is 0.260 e. The molecule has 7 heteroatoms. The number of piperidine rings is 2. The molecule has 3 rings (SSSR count). The van der Waals surface area contributed by atoms with E-state index in [1.807, 2.05) is 35.2 Å². The molecular weight excluding hydrogens is 370 g/mol. The van der Waals surface area contributed by atoms with E-state index in [1.165, 1.54) is 6.42 Å². The third kappa shape index (κ3) is 6.48. The molecule has 1 N–H and O–H groups in total. The number of benzene rings is 1. The number of carbonyl (C=O) groups excluding carboxylic acids is 3. The summed E-state index contributed by atoms with van der Waals surface area (Å²) in [5.41, 5.74) is 0. The standard InChI is InChI=1S/C22H31N3O4/c26-20(24-13-5-2-6-14-24)9-12-23-22(28)18-10-15-25(16-11-18)21(27)17-29-19-7-3-1-4-8-19/h1,3-4,7-8,18H,2,5-6,9-17H2,(H,23,28). The van der Waals surface area contributed by atoms with Crippen LogP contribution in [0, 0.1) is 5.92 Å². The van der Waals surface area contributed by atoms with Crippen LogP contribution < -0.4 is 10.1 Å². The number of nitrogens with zero attached hydrogens (tertiary/aromatic N) is 2. The topological polar surface area (TPSA) is 79.0 Å². The van der Waals surface area contributed by atoms with Gasteiger partial charge < -0.3 is 19.9 Å². The van der Waals surface area contributed by atoms with E-state index in [0.29, 0.717) is 44.6 Å². The summed E-state index contributed by atoms with van der Waals surface area (Å²) in [4.78, 5) is 40.5. The van der Waals surface area contributed by atoms with Crippen molar-refractivity contribution in [3.63, 3.8) is 0 Å². The van der Waals surface area contributed by atoms with Gasteiger partial charge in [-0.15, -0.1) is 0 Å². The molecule has 7 nitrogen and oxygen atoms in total. The number of carbonyl (C=O) groups is 3. The number of nitrogens with one attached hydrogen (secondary N) is 1. The van der Waals surface area contributed by atoms with Crippen LogP contribution in [0.2, 0.25) is 0 Å². The largest absolute Gasteiger partial charge is 0.484 e. The van der Waals surface area contributed by atoms with Gasteiger partial charge in [-0.2, -0.15) is 0 Å². The summed E-state index contributed by atoms with van der Waals surface area (Å²) < 4.78 is 5.51. The molecule has 0 atom stereocenters. The zero-order valence-electron chi connectivity index (χ0n) is 17.0. The highest BCUT2D eigenvalue weighted by atomic mass is 16.5. The fourth-order valence-corrected chi connectivity index (χ4v) is 3.88. The second-order valence-corrected chi connectivity index (χ2v) is 7.74. The molecule has 0 unspecified atom stereocenters. The van der Waals surface area contributed by atoms with Crippen molar-refractivity contribution < 1.29 is 19.1 Å². The maximum Gasteiger partial charge on any atom is 0.260 e. The molecule has 0 bridgehead atoms. The zero-order chi connectivity index (χ0) is 20.5. The van der Waals surface area contributed by atoms with Crippen molar-refractivity contribution in [2.45, 2.75) is 38.5 Å². The molecule has 2 saturated heterocycles. The lowest BCUT2D eigenvalue weighted by Crippen LogP contribution is -2.45. The van der Waals surface area contributed by atoms with E-state index >= 15 is 0 Å². The van der Waals surface area contributed by atoms with Gasteiger partial charge >= 0.3 is 0 Å². The Morgan fingerprint density at radius 1 is 0.897 bits per heavy atom. The Balaban J connectivity index is 1.31. The number of likely N-dealkylation sites (tertiary alicyclic amines) is 2. The maximum atomic E-state index is 12.4. The average Bonchev–Trinajstić information content (AvgIpc) is 2.78. The van der Waals surface area contributed by atoms with Crippen molar-refractivity contribution in [1.29, 1.82) is 0 Å². The van der Waals surface area contributed by atoms with E-state index in [9.17, 15) is 14.4 Å². The monoisotopic (exact) mass is 401 g/mol.